The predicted octanol–water partition coefficient (Wildman–Crippen LogP) is 2.73. The van der Waals surface area contributed by atoms with Gasteiger partial charge in [0, 0.05) is 31.7 Å². The van der Waals surface area contributed by atoms with Gasteiger partial charge in [-0.1, -0.05) is 25.1 Å². The molecule has 6 heteroatoms. The van der Waals surface area contributed by atoms with Crippen molar-refractivity contribution < 1.29 is 4.79 Å². The summed E-state index contributed by atoms with van der Waals surface area (Å²) in [6, 6.07) is 9.28. The van der Waals surface area contributed by atoms with Crippen molar-refractivity contribution >= 4 is 35.8 Å². The number of aliphatic imine (C=N–C) groups is 1. The second-order valence-electron chi connectivity index (χ2n) is 6.03. The van der Waals surface area contributed by atoms with Crippen molar-refractivity contribution in [3.05, 3.63) is 35.9 Å². The zero-order chi connectivity index (χ0) is 16.5. The highest BCUT2D eigenvalue weighted by molar-refractivity contribution is 14.0. The Balaban J connectivity index is 0.00000288. The molecule has 0 radical (unpaired) electrons. The average molecular weight is 444 g/mol. The van der Waals surface area contributed by atoms with Crippen LogP contribution in [-0.2, 0) is 0 Å². The molecule has 0 bridgehead atoms. The number of likely N-dealkylation sites (tertiary alicyclic amines) is 1. The van der Waals surface area contributed by atoms with Crippen molar-refractivity contribution in [2.24, 2.45) is 10.9 Å². The lowest BCUT2D eigenvalue weighted by molar-refractivity contribution is 0.0954. The van der Waals surface area contributed by atoms with Crippen LogP contribution in [0.3, 0.4) is 0 Å². The van der Waals surface area contributed by atoms with Crippen LogP contribution in [0.1, 0.15) is 37.0 Å². The lowest BCUT2D eigenvalue weighted by Gasteiger charge is -2.33. The van der Waals surface area contributed by atoms with Crippen molar-refractivity contribution in [1.82, 2.24) is 15.5 Å². The molecule has 1 saturated heterocycles. The molecular formula is C18H29IN4O. The lowest BCUT2D eigenvalue weighted by Crippen LogP contribution is -2.45. The van der Waals surface area contributed by atoms with Crippen LogP contribution in [0.15, 0.2) is 35.3 Å². The maximum Gasteiger partial charge on any atom is 0.251 e. The molecule has 1 fully saturated rings. The summed E-state index contributed by atoms with van der Waals surface area (Å²) in [5.41, 5.74) is 0.688. The van der Waals surface area contributed by atoms with E-state index < -0.39 is 0 Å². The number of halogens is 1. The summed E-state index contributed by atoms with van der Waals surface area (Å²) in [5.74, 6) is 1.73. The zero-order valence-electron chi connectivity index (χ0n) is 14.6. The molecule has 1 aromatic carbocycles. The van der Waals surface area contributed by atoms with Crippen LogP contribution in [-0.4, -0.2) is 49.5 Å². The van der Waals surface area contributed by atoms with Crippen molar-refractivity contribution in [2.45, 2.75) is 26.7 Å². The van der Waals surface area contributed by atoms with Crippen LogP contribution in [0.2, 0.25) is 0 Å². The molecule has 1 amide bonds. The molecule has 0 aliphatic carbocycles. The standard InChI is InChI=1S/C18H28N4O.HI/c1-3-19-18(22-13-9-15(2)10-14-22)21-12-11-20-17(23)16-7-5-4-6-8-16;/h4-8,15H,3,9-14H2,1-2H3,(H,19,21)(H,20,23);1H. The summed E-state index contributed by atoms with van der Waals surface area (Å²) in [6.45, 7) is 8.51. The molecule has 1 aliphatic heterocycles. The number of nitrogens with zero attached hydrogens (tertiary/aromatic N) is 2. The summed E-state index contributed by atoms with van der Waals surface area (Å²) in [4.78, 5) is 18.9. The maximum absolute atomic E-state index is 12.0. The lowest BCUT2D eigenvalue weighted by atomic mass is 10.00. The van der Waals surface area contributed by atoms with Crippen LogP contribution < -0.4 is 10.6 Å². The Morgan fingerprint density at radius 1 is 1.21 bits per heavy atom. The van der Waals surface area contributed by atoms with Crippen LogP contribution in [0, 0.1) is 5.92 Å². The highest BCUT2D eigenvalue weighted by Crippen LogP contribution is 2.15. The number of nitrogens with one attached hydrogen (secondary N) is 2. The van der Waals surface area contributed by atoms with E-state index in [1.165, 1.54) is 12.8 Å². The quantitative estimate of drug-likeness (QED) is 0.318. The van der Waals surface area contributed by atoms with Gasteiger partial charge in [0.25, 0.3) is 5.91 Å². The van der Waals surface area contributed by atoms with E-state index in [2.05, 4.69) is 34.4 Å². The molecule has 134 valence electrons. The summed E-state index contributed by atoms with van der Waals surface area (Å²) in [7, 11) is 0. The monoisotopic (exact) mass is 444 g/mol. The molecular weight excluding hydrogens is 415 g/mol. The topological polar surface area (TPSA) is 56.7 Å². The minimum Gasteiger partial charge on any atom is -0.357 e. The second-order valence-corrected chi connectivity index (χ2v) is 6.03. The number of amides is 1. The van der Waals surface area contributed by atoms with Gasteiger partial charge in [-0.15, -0.1) is 24.0 Å². The molecule has 0 aromatic heterocycles. The Hall–Kier alpha value is -1.31. The van der Waals surface area contributed by atoms with Gasteiger partial charge in [-0.2, -0.15) is 0 Å². The van der Waals surface area contributed by atoms with E-state index >= 15 is 0 Å². The molecule has 0 saturated carbocycles. The van der Waals surface area contributed by atoms with Gasteiger partial charge in [-0.05, 0) is 37.8 Å². The smallest absolute Gasteiger partial charge is 0.251 e. The molecule has 2 rings (SSSR count). The minimum atomic E-state index is -0.0439. The summed E-state index contributed by atoms with van der Waals surface area (Å²) >= 11 is 0. The fourth-order valence-electron chi connectivity index (χ4n) is 2.67. The number of carbonyl (C=O) groups excluding carboxylic acids is 1. The number of hydrogen-bond donors (Lipinski definition) is 2. The molecule has 0 spiro atoms. The van der Waals surface area contributed by atoms with Gasteiger partial charge in [-0.25, -0.2) is 0 Å². The third kappa shape index (κ3) is 6.67. The van der Waals surface area contributed by atoms with Gasteiger partial charge in [0.2, 0.25) is 0 Å². The first-order chi connectivity index (χ1) is 11.2. The normalized spacial score (nSPS) is 15.6. The van der Waals surface area contributed by atoms with Gasteiger partial charge in [0.15, 0.2) is 5.96 Å². The van der Waals surface area contributed by atoms with E-state index in [-0.39, 0.29) is 29.9 Å². The van der Waals surface area contributed by atoms with Crippen molar-refractivity contribution in [3.63, 3.8) is 0 Å². The van der Waals surface area contributed by atoms with Gasteiger partial charge in [-0.3, -0.25) is 9.79 Å². The van der Waals surface area contributed by atoms with E-state index in [1.54, 1.807) is 0 Å². The number of piperidine rings is 1. The van der Waals surface area contributed by atoms with Crippen molar-refractivity contribution in [3.8, 4) is 0 Å². The Morgan fingerprint density at radius 2 is 1.88 bits per heavy atom. The number of hydrogen-bond acceptors (Lipinski definition) is 2. The van der Waals surface area contributed by atoms with Crippen LogP contribution in [0.5, 0.6) is 0 Å². The molecule has 2 N–H and O–H groups in total. The number of carbonyl (C=O) groups is 1. The van der Waals surface area contributed by atoms with E-state index in [0.717, 1.165) is 31.5 Å². The molecule has 1 heterocycles. The maximum atomic E-state index is 12.0. The molecule has 24 heavy (non-hydrogen) atoms. The molecule has 0 atom stereocenters. The first kappa shape index (κ1) is 20.7. The zero-order valence-corrected chi connectivity index (χ0v) is 17.0. The van der Waals surface area contributed by atoms with Gasteiger partial charge < -0.3 is 15.5 Å². The summed E-state index contributed by atoms with van der Waals surface area (Å²) in [5, 5.41) is 6.26. The minimum absolute atomic E-state index is 0. The summed E-state index contributed by atoms with van der Waals surface area (Å²) < 4.78 is 0. The average Bonchev–Trinajstić information content (AvgIpc) is 2.59. The second kappa shape index (κ2) is 11.3. The van der Waals surface area contributed by atoms with Crippen molar-refractivity contribution in [1.29, 1.82) is 0 Å². The van der Waals surface area contributed by atoms with Crippen LogP contribution in [0.25, 0.3) is 0 Å². The molecule has 1 aliphatic rings. The third-order valence-electron chi connectivity index (χ3n) is 4.11. The number of rotatable bonds is 5. The Morgan fingerprint density at radius 3 is 2.50 bits per heavy atom. The van der Waals surface area contributed by atoms with Crippen LogP contribution >= 0.6 is 24.0 Å². The molecule has 5 nitrogen and oxygen atoms in total. The third-order valence-corrected chi connectivity index (χ3v) is 4.11. The highest BCUT2D eigenvalue weighted by Gasteiger charge is 2.18. The predicted molar refractivity (Wildman–Crippen MR) is 110 cm³/mol. The van der Waals surface area contributed by atoms with Gasteiger partial charge in [0.1, 0.15) is 0 Å². The first-order valence-corrected chi connectivity index (χ1v) is 8.57. The van der Waals surface area contributed by atoms with Gasteiger partial charge in [0.05, 0.1) is 6.54 Å². The SMILES string of the molecule is CCNC(=NCCNC(=O)c1ccccc1)N1CCC(C)CC1.I. The highest BCUT2D eigenvalue weighted by atomic mass is 127. The fraction of sp³-hybridized carbons (Fsp3) is 0.556. The van der Waals surface area contributed by atoms with E-state index in [1.807, 2.05) is 30.3 Å². The Kier molecular flexibility index (Phi) is 9.75. The Bertz CT molecular complexity index is 513. The number of guanidine groups is 1. The molecule has 1 aromatic rings. The van der Waals surface area contributed by atoms with E-state index in [4.69, 9.17) is 0 Å². The summed E-state index contributed by atoms with van der Waals surface area (Å²) in [6.07, 6.45) is 2.43. The number of benzene rings is 1. The van der Waals surface area contributed by atoms with Gasteiger partial charge >= 0.3 is 0 Å². The van der Waals surface area contributed by atoms with Crippen molar-refractivity contribution in [2.75, 3.05) is 32.7 Å². The fourth-order valence-corrected chi connectivity index (χ4v) is 2.67. The van der Waals surface area contributed by atoms with E-state index in [9.17, 15) is 4.79 Å². The van der Waals surface area contributed by atoms with E-state index in [0.29, 0.717) is 18.7 Å². The first-order valence-electron chi connectivity index (χ1n) is 8.57. The Labute approximate surface area is 162 Å². The van der Waals surface area contributed by atoms with Crippen LogP contribution in [0.4, 0.5) is 0 Å². The molecule has 0 unspecified atom stereocenters. The largest absolute Gasteiger partial charge is 0.357 e.